The number of hydrogen-bond acceptors (Lipinski definition) is 2. The summed E-state index contributed by atoms with van der Waals surface area (Å²) in [6.45, 7) is 0. The van der Waals surface area contributed by atoms with E-state index in [1.54, 1.807) is 0 Å². The predicted octanol–water partition coefficient (Wildman–Crippen LogP) is 2.55. The van der Waals surface area contributed by atoms with Crippen LogP contribution in [0, 0.1) is 5.82 Å². The van der Waals surface area contributed by atoms with Gasteiger partial charge in [0, 0.05) is 17.3 Å². The van der Waals surface area contributed by atoms with E-state index in [0.717, 1.165) is 6.20 Å². The molecular weight excluding hydrogens is 279 g/mol. The Kier molecular flexibility index (Phi) is 3.67. The monoisotopic (exact) mass is 283 g/mol. The predicted molar refractivity (Wildman–Crippen MR) is 48.2 cm³/mol. The molecule has 1 aromatic rings. The van der Waals surface area contributed by atoms with Crippen molar-refractivity contribution in [3.63, 3.8) is 0 Å². The summed E-state index contributed by atoms with van der Waals surface area (Å²) < 4.78 is 37.8. The van der Waals surface area contributed by atoms with Gasteiger partial charge in [-0.05, 0) is 15.9 Å². The minimum Gasteiger partial charge on any atom is -0.481 e. The fourth-order valence-corrected chi connectivity index (χ4v) is 1.37. The smallest absolute Gasteiger partial charge is 0.307 e. The summed E-state index contributed by atoms with van der Waals surface area (Å²) in [5, 5.41) is 8.44. The first-order chi connectivity index (χ1) is 6.93. The number of aliphatic carboxylic acids is 1. The molecule has 0 spiro atoms. The Labute approximate surface area is 91.1 Å². The van der Waals surface area contributed by atoms with Crippen LogP contribution in [0.1, 0.15) is 17.6 Å². The molecule has 0 amide bonds. The molecule has 1 N–H and O–H groups in total. The number of hydrogen-bond donors (Lipinski definition) is 1. The van der Waals surface area contributed by atoms with Gasteiger partial charge in [-0.1, -0.05) is 0 Å². The third kappa shape index (κ3) is 2.68. The topological polar surface area (TPSA) is 50.2 Å². The second-order valence-electron chi connectivity index (χ2n) is 2.67. The lowest BCUT2D eigenvalue weighted by Crippen LogP contribution is -2.08. The summed E-state index contributed by atoms with van der Waals surface area (Å²) in [6, 6.07) is 0. The number of aromatic nitrogens is 1. The van der Waals surface area contributed by atoms with Gasteiger partial charge >= 0.3 is 5.97 Å². The van der Waals surface area contributed by atoms with Crippen LogP contribution in [-0.4, -0.2) is 16.1 Å². The van der Waals surface area contributed by atoms with E-state index in [4.69, 9.17) is 5.11 Å². The number of carboxylic acids is 1. The molecular formula is C8H5BrF3NO2. The Morgan fingerprint density at radius 3 is 2.67 bits per heavy atom. The molecule has 0 atom stereocenters. The Hall–Kier alpha value is -1.11. The van der Waals surface area contributed by atoms with Crippen molar-refractivity contribution >= 4 is 21.9 Å². The highest BCUT2D eigenvalue weighted by Gasteiger charge is 2.21. The minimum atomic E-state index is -2.95. The lowest BCUT2D eigenvalue weighted by atomic mass is 10.1. The van der Waals surface area contributed by atoms with E-state index in [-0.39, 0.29) is 4.60 Å². The Balaban J connectivity index is 3.28. The van der Waals surface area contributed by atoms with Crippen LogP contribution in [0.15, 0.2) is 10.8 Å². The van der Waals surface area contributed by atoms with E-state index < -0.39 is 35.8 Å². The zero-order valence-corrected chi connectivity index (χ0v) is 8.76. The van der Waals surface area contributed by atoms with Gasteiger partial charge in [0.25, 0.3) is 6.43 Å². The first-order valence-corrected chi connectivity index (χ1v) is 4.55. The quantitative estimate of drug-likeness (QED) is 0.868. The number of alkyl halides is 2. The minimum absolute atomic E-state index is 0.275. The summed E-state index contributed by atoms with van der Waals surface area (Å²) in [5.74, 6) is -2.44. The van der Waals surface area contributed by atoms with Crippen LogP contribution in [0.4, 0.5) is 13.2 Å². The van der Waals surface area contributed by atoms with Gasteiger partial charge in [0.15, 0.2) is 5.82 Å². The third-order valence-electron chi connectivity index (χ3n) is 1.67. The number of carboxylic acid groups (broad SMARTS) is 1. The molecule has 1 aromatic heterocycles. The molecule has 0 aliphatic rings. The van der Waals surface area contributed by atoms with E-state index in [1.807, 2.05) is 0 Å². The fourth-order valence-electron chi connectivity index (χ4n) is 1.03. The van der Waals surface area contributed by atoms with Crippen LogP contribution in [0.3, 0.4) is 0 Å². The van der Waals surface area contributed by atoms with E-state index >= 15 is 0 Å². The molecule has 82 valence electrons. The van der Waals surface area contributed by atoms with Gasteiger partial charge in [0.05, 0.1) is 6.42 Å². The molecule has 0 fully saturated rings. The Bertz CT molecular complexity index is 398. The fraction of sp³-hybridized carbons (Fsp3) is 0.250. The SMILES string of the molecule is O=C(O)Cc1c(C(F)F)cnc(Br)c1F. The molecule has 1 heterocycles. The molecule has 0 aromatic carbocycles. The highest BCUT2D eigenvalue weighted by atomic mass is 79.9. The molecule has 0 unspecified atom stereocenters. The van der Waals surface area contributed by atoms with Crippen molar-refractivity contribution in [2.45, 2.75) is 12.8 Å². The number of halogens is 4. The summed E-state index contributed by atoms with van der Waals surface area (Å²) in [4.78, 5) is 13.7. The van der Waals surface area contributed by atoms with Crippen molar-refractivity contribution in [2.75, 3.05) is 0 Å². The molecule has 0 bridgehead atoms. The van der Waals surface area contributed by atoms with Gasteiger partial charge in [0.1, 0.15) is 4.60 Å². The number of carbonyl (C=O) groups is 1. The van der Waals surface area contributed by atoms with Crippen molar-refractivity contribution in [3.8, 4) is 0 Å². The first kappa shape index (κ1) is 12.0. The lowest BCUT2D eigenvalue weighted by Gasteiger charge is -2.08. The summed E-state index contributed by atoms with van der Waals surface area (Å²) in [5.41, 5.74) is -1.24. The molecule has 0 saturated carbocycles. The molecule has 0 aliphatic carbocycles. The third-order valence-corrected chi connectivity index (χ3v) is 2.23. The van der Waals surface area contributed by atoms with Crippen LogP contribution in [0.25, 0.3) is 0 Å². The van der Waals surface area contributed by atoms with E-state index in [9.17, 15) is 18.0 Å². The average molecular weight is 284 g/mol. The lowest BCUT2D eigenvalue weighted by molar-refractivity contribution is -0.136. The molecule has 7 heteroatoms. The maximum Gasteiger partial charge on any atom is 0.307 e. The molecule has 0 radical (unpaired) electrons. The average Bonchev–Trinajstić information content (AvgIpc) is 2.12. The van der Waals surface area contributed by atoms with Crippen molar-refractivity contribution in [1.29, 1.82) is 0 Å². The number of rotatable bonds is 3. The van der Waals surface area contributed by atoms with Crippen LogP contribution in [0.5, 0.6) is 0 Å². The number of pyridine rings is 1. The summed E-state index contributed by atoms with van der Waals surface area (Å²) in [7, 11) is 0. The molecule has 1 rings (SSSR count). The van der Waals surface area contributed by atoms with Crippen molar-refractivity contribution < 1.29 is 23.1 Å². The maximum absolute atomic E-state index is 13.3. The largest absolute Gasteiger partial charge is 0.481 e. The molecule has 15 heavy (non-hydrogen) atoms. The van der Waals surface area contributed by atoms with E-state index in [0.29, 0.717) is 0 Å². The zero-order chi connectivity index (χ0) is 11.6. The van der Waals surface area contributed by atoms with E-state index in [2.05, 4.69) is 20.9 Å². The number of nitrogens with zero attached hydrogens (tertiary/aromatic N) is 1. The molecule has 0 aliphatic heterocycles. The summed E-state index contributed by atoms with van der Waals surface area (Å²) >= 11 is 2.70. The second-order valence-corrected chi connectivity index (χ2v) is 3.42. The van der Waals surface area contributed by atoms with Crippen LogP contribution in [0.2, 0.25) is 0 Å². The van der Waals surface area contributed by atoms with Gasteiger partial charge in [0.2, 0.25) is 0 Å². The Morgan fingerprint density at radius 2 is 2.20 bits per heavy atom. The van der Waals surface area contributed by atoms with Crippen LogP contribution >= 0.6 is 15.9 Å². The van der Waals surface area contributed by atoms with Gasteiger partial charge in [-0.3, -0.25) is 4.79 Å². The van der Waals surface area contributed by atoms with Crippen molar-refractivity contribution in [3.05, 3.63) is 27.7 Å². The van der Waals surface area contributed by atoms with Gasteiger partial charge in [-0.2, -0.15) is 0 Å². The van der Waals surface area contributed by atoms with Gasteiger partial charge in [-0.15, -0.1) is 0 Å². The normalized spacial score (nSPS) is 10.7. The highest BCUT2D eigenvalue weighted by molar-refractivity contribution is 9.10. The van der Waals surface area contributed by atoms with Crippen molar-refractivity contribution in [1.82, 2.24) is 4.98 Å². The highest BCUT2D eigenvalue weighted by Crippen LogP contribution is 2.27. The van der Waals surface area contributed by atoms with Crippen LogP contribution in [-0.2, 0) is 11.2 Å². The maximum atomic E-state index is 13.3. The standard InChI is InChI=1S/C8H5BrF3NO2/c9-7-6(10)3(1-5(14)15)4(2-13-7)8(11)12/h2,8H,1H2,(H,14,15). The van der Waals surface area contributed by atoms with Crippen LogP contribution < -0.4 is 0 Å². The zero-order valence-electron chi connectivity index (χ0n) is 7.18. The Morgan fingerprint density at radius 1 is 1.60 bits per heavy atom. The second kappa shape index (κ2) is 4.61. The summed E-state index contributed by atoms with van der Waals surface area (Å²) in [6.07, 6.45) is -2.99. The van der Waals surface area contributed by atoms with Gasteiger partial charge < -0.3 is 5.11 Å². The van der Waals surface area contributed by atoms with Gasteiger partial charge in [-0.25, -0.2) is 18.2 Å². The molecule has 3 nitrogen and oxygen atoms in total. The van der Waals surface area contributed by atoms with E-state index in [1.165, 1.54) is 0 Å². The van der Waals surface area contributed by atoms with Crippen molar-refractivity contribution in [2.24, 2.45) is 0 Å². The molecule has 0 saturated heterocycles. The first-order valence-electron chi connectivity index (χ1n) is 3.76.